The van der Waals surface area contributed by atoms with Crippen molar-refractivity contribution in [2.45, 2.75) is 72.8 Å². The van der Waals surface area contributed by atoms with E-state index in [4.69, 9.17) is 10.5 Å². The summed E-state index contributed by atoms with van der Waals surface area (Å²) in [5.41, 5.74) is 5.86. The van der Waals surface area contributed by atoms with Gasteiger partial charge >= 0.3 is 5.69 Å². The maximum Gasteiger partial charge on any atom is 0.330 e. The van der Waals surface area contributed by atoms with Gasteiger partial charge in [-0.1, -0.05) is 66.2 Å². The van der Waals surface area contributed by atoms with Crippen molar-refractivity contribution in [3.8, 4) is 5.75 Å². The van der Waals surface area contributed by atoms with E-state index in [-0.39, 0.29) is 23.5 Å². The third kappa shape index (κ3) is 6.73. The van der Waals surface area contributed by atoms with Crippen LogP contribution >= 0.6 is 0 Å². The van der Waals surface area contributed by atoms with Crippen molar-refractivity contribution in [2.75, 3.05) is 23.8 Å². The Labute approximate surface area is 195 Å². The van der Waals surface area contributed by atoms with E-state index in [1.54, 1.807) is 0 Å². The predicted octanol–water partition coefficient (Wildman–Crippen LogP) is 3.67. The van der Waals surface area contributed by atoms with Gasteiger partial charge in [-0.25, -0.2) is 4.79 Å². The Kier molecular flexibility index (Phi) is 8.91. The molecule has 8 nitrogen and oxygen atoms in total. The minimum atomic E-state index is -0.669. The molecule has 8 heteroatoms. The van der Waals surface area contributed by atoms with Crippen LogP contribution in [-0.2, 0) is 16.8 Å². The van der Waals surface area contributed by atoms with Crippen LogP contribution in [0.15, 0.2) is 33.9 Å². The number of carbonyl (C=O) groups excluding carboxylic acids is 1. The van der Waals surface area contributed by atoms with Gasteiger partial charge in [0.05, 0.1) is 0 Å². The average Bonchev–Trinajstić information content (AvgIpc) is 2.73. The van der Waals surface area contributed by atoms with Gasteiger partial charge in [0.1, 0.15) is 11.6 Å². The van der Waals surface area contributed by atoms with Crippen LogP contribution in [0.5, 0.6) is 5.75 Å². The summed E-state index contributed by atoms with van der Waals surface area (Å²) >= 11 is 0. The molecule has 0 aliphatic rings. The summed E-state index contributed by atoms with van der Waals surface area (Å²) in [6, 6.07) is 7.60. The number of unbranched alkanes of at least 4 members (excludes halogenated alkanes) is 1. The van der Waals surface area contributed by atoms with Crippen LogP contribution in [0, 0.1) is 5.92 Å². The molecular formula is C25H38N4O4. The first-order valence-electron chi connectivity index (χ1n) is 11.6. The maximum atomic E-state index is 13.3. The Morgan fingerprint density at radius 2 is 1.88 bits per heavy atom. The highest BCUT2D eigenvalue weighted by Crippen LogP contribution is 2.31. The lowest BCUT2D eigenvalue weighted by molar-refractivity contribution is -0.120. The highest BCUT2D eigenvalue weighted by molar-refractivity contribution is 5.96. The molecule has 0 radical (unpaired) electrons. The van der Waals surface area contributed by atoms with Crippen LogP contribution in [0.3, 0.4) is 0 Å². The molecule has 1 heterocycles. The summed E-state index contributed by atoms with van der Waals surface area (Å²) in [7, 11) is 0. The molecule has 0 bridgehead atoms. The third-order valence-electron chi connectivity index (χ3n) is 5.50. The van der Waals surface area contributed by atoms with E-state index in [0.717, 1.165) is 18.4 Å². The number of aromatic amines is 1. The Bertz CT molecular complexity index is 1060. The topological polar surface area (TPSA) is 110 Å². The number of nitrogens with zero attached hydrogens (tertiary/aromatic N) is 2. The SMILES string of the molecule is CCCCn1c(N)c(N(CCC(C)C)C(=O)COc2ccccc2C(C)(C)C)c(=O)[nH]c1=O. The second-order valence-corrected chi connectivity index (χ2v) is 9.76. The highest BCUT2D eigenvalue weighted by Gasteiger charge is 2.26. The zero-order chi connectivity index (χ0) is 24.8. The number of carbonyl (C=O) groups is 1. The summed E-state index contributed by atoms with van der Waals surface area (Å²) in [6.07, 6.45) is 2.25. The molecular weight excluding hydrogens is 420 g/mol. The number of aromatic nitrogens is 2. The van der Waals surface area contributed by atoms with E-state index in [1.165, 1.54) is 9.47 Å². The van der Waals surface area contributed by atoms with Crippen molar-refractivity contribution >= 4 is 17.4 Å². The van der Waals surface area contributed by atoms with Gasteiger partial charge in [-0.3, -0.25) is 19.1 Å². The molecule has 0 fully saturated rings. The molecule has 0 unspecified atom stereocenters. The highest BCUT2D eigenvalue weighted by atomic mass is 16.5. The number of ether oxygens (including phenoxy) is 1. The van der Waals surface area contributed by atoms with E-state index < -0.39 is 17.2 Å². The van der Waals surface area contributed by atoms with Crippen molar-refractivity contribution in [1.29, 1.82) is 0 Å². The molecule has 2 aromatic rings. The smallest absolute Gasteiger partial charge is 0.330 e. The van der Waals surface area contributed by atoms with Crippen molar-refractivity contribution in [2.24, 2.45) is 5.92 Å². The normalized spacial score (nSPS) is 11.6. The number of nitrogen functional groups attached to an aromatic ring is 1. The second kappa shape index (κ2) is 11.2. The predicted molar refractivity (Wildman–Crippen MR) is 133 cm³/mol. The Morgan fingerprint density at radius 3 is 2.48 bits per heavy atom. The van der Waals surface area contributed by atoms with Crippen LogP contribution in [0.4, 0.5) is 11.5 Å². The maximum absolute atomic E-state index is 13.3. The van der Waals surface area contributed by atoms with E-state index in [0.29, 0.717) is 31.2 Å². The quantitative estimate of drug-likeness (QED) is 0.564. The van der Waals surface area contributed by atoms with Crippen LogP contribution in [0.1, 0.15) is 66.4 Å². The molecule has 1 aromatic heterocycles. The first-order valence-corrected chi connectivity index (χ1v) is 11.6. The summed E-state index contributed by atoms with van der Waals surface area (Å²) in [4.78, 5) is 42.1. The van der Waals surface area contributed by atoms with Gasteiger partial charge in [-0.05, 0) is 35.8 Å². The Hall–Kier alpha value is -3.03. The lowest BCUT2D eigenvalue weighted by Gasteiger charge is -2.26. The number of H-pyrrole nitrogens is 1. The molecule has 0 aliphatic carbocycles. The minimum absolute atomic E-state index is 0.00376. The van der Waals surface area contributed by atoms with Crippen molar-refractivity contribution in [3.05, 3.63) is 50.7 Å². The van der Waals surface area contributed by atoms with Crippen molar-refractivity contribution in [3.63, 3.8) is 0 Å². The summed E-state index contributed by atoms with van der Waals surface area (Å²) < 4.78 is 7.25. The number of rotatable bonds is 10. The monoisotopic (exact) mass is 458 g/mol. The number of benzene rings is 1. The van der Waals surface area contributed by atoms with Gasteiger partial charge in [0.25, 0.3) is 11.5 Å². The number of hydrogen-bond acceptors (Lipinski definition) is 5. The largest absolute Gasteiger partial charge is 0.483 e. The lowest BCUT2D eigenvalue weighted by Crippen LogP contribution is -2.43. The fourth-order valence-corrected chi connectivity index (χ4v) is 3.55. The number of nitrogens with two attached hydrogens (primary N) is 1. The van der Waals surface area contributed by atoms with Gasteiger partial charge in [0.15, 0.2) is 12.3 Å². The average molecular weight is 459 g/mol. The molecule has 3 N–H and O–H groups in total. The molecule has 33 heavy (non-hydrogen) atoms. The number of hydrogen-bond donors (Lipinski definition) is 2. The molecule has 2 rings (SSSR count). The summed E-state index contributed by atoms with van der Waals surface area (Å²) in [5, 5.41) is 0. The van der Waals surface area contributed by atoms with E-state index in [9.17, 15) is 14.4 Å². The third-order valence-corrected chi connectivity index (χ3v) is 5.50. The van der Waals surface area contributed by atoms with Crippen LogP contribution in [0.2, 0.25) is 0 Å². The minimum Gasteiger partial charge on any atom is -0.483 e. The van der Waals surface area contributed by atoms with Crippen LogP contribution < -0.4 is 26.6 Å². The number of para-hydroxylation sites is 1. The van der Waals surface area contributed by atoms with Crippen molar-refractivity contribution in [1.82, 2.24) is 9.55 Å². The number of nitrogens with one attached hydrogen (secondary N) is 1. The fourth-order valence-electron chi connectivity index (χ4n) is 3.55. The van der Waals surface area contributed by atoms with Gasteiger partial charge in [-0.2, -0.15) is 0 Å². The fraction of sp³-hybridized carbons (Fsp3) is 0.560. The zero-order valence-corrected chi connectivity index (χ0v) is 20.7. The van der Waals surface area contributed by atoms with Gasteiger partial charge in [0.2, 0.25) is 0 Å². The molecule has 182 valence electrons. The standard InChI is InChI=1S/C25H38N4O4/c1-7-8-14-29-22(26)21(23(31)27-24(29)32)28(15-13-17(2)3)20(30)16-33-19-12-10-9-11-18(19)25(4,5)6/h9-12,17H,7-8,13-16,26H2,1-6H3,(H,27,31,32). The first kappa shape index (κ1) is 26.2. The molecule has 1 aromatic carbocycles. The number of anilines is 2. The van der Waals surface area contributed by atoms with Gasteiger partial charge in [0, 0.05) is 13.1 Å². The molecule has 0 atom stereocenters. The van der Waals surface area contributed by atoms with Gasteiger partial charge < -0.3 is 15.4 Å². The molecule has 0 aliphatic heterocycles. The van der Waals surface area contributed by atoms with E-state index in [1.807, 2.05) is 45.0 Å². The first-order chi connectivity index (χ1) is 15.5. The van der Waals surface area contributed by atoms with E-state index in [2.05, 4.69) is 25.8 Å². The van der Waals surface area contributed by atoms with Crippen LogP contribution in [0.25, 0.3) is 0 Å². The second-order valence-electron chi connectivity index (χ2n) is 9.76. The van der Waals surface area contributed by atoms with Gasteiger partial charge in [-0.15, -0.1) is 0 Å². The number of amides is 1. The zero-order valence-electron chi connectivity index (χ0n) is 20.7. The Morgan fingerprint density at radius 1 is 1.21 bits per heavy atom. The molecule has 0 spiro atoms. The molecule has 0 saturated heterocycles. The molecule has 1 amide bonds. The Balaban J connectivity index is 2.41. The van der Waals surface area contributed by atoms with E-state index >= 15 is 0 Å². The summed E-state index contributed by atoms with van der Waals surface area (Å²) in [6.45, 7) is 12.7. The van der Waals surface area contributed by atoms with Crippen LogP contribution in [-0.4, -0.2) is 28.6 Å². The van der Waals surface area contributed by atoms with Crippen molar-refractivity contribution < 1.29 is 9.53 Å². The lowest BCUT2D eigenvalue weighted by atomic mass is 9.86. The molecule has 0 saturated carbocycles. The summed E-state index contributed by atoms with van der Waals surface area (Å²) in [5.74, 6) is 0.535.